The zero-order valence-electron chi connectivity index (χ0n) is 6.90. The van der Waals surface area contributed by atoms with Crippen molar-refractivity contribution < 1.29 is 9.84 Å². The number of nitrogens with zero attached hydrogens (tertiary/aromatic N) is 1. The number of aromatic nitrogens is 1. The summed E-state index contributed by atoms with van der Waals surface area (Å²) >= 11 is 0. The molecule has 3 nitrogen and oxygen atoms in total. The van der Waals surface area contributed by atoms with Gasteiger partial charge in [0.05, 0.1) is 19.0 Å². The highest BCUT2D eigenvalue weighted by Crippen LogP contribution is 2.14. The minimum absolute atomic E-state index is 0.575. The van der Waals surface area contributed by atoms with Gasteiger partial charge in [-0.15, -0.1) is 6.58 Å². The summed E-state index contributed by atoms with van der Waals surface area (Å²) in [4.78, 5) is 3.97. The fourth-order valence-corrected chi connectivity index (χ4v) is 0.808. The Hall–Kier alpha value is -1.35. The third-order valence-corrected chi connectivity index (χ3v) is 1.52. The van der Waals surface area contributed by atoms with Crippen molar-refractivity contribution in [3.63, 3.8) is 0 Å². The van der Waals surface area contributed by atoms with Crippen molar-refractivity contribution in [1.29, 1.82) is 0 Å². The molecule has 12 heavy (non-hydrogen) atoms. The minimum Gasteiger partial charge on any atom is -0.495 e. The topological polar surface area (TPSA) is 42.4 Å². The number of aliphatic hydroxyl groups is 1. The van der Waals surface area contributed by atoms with Crippen molar-refractivity contribution in [2.75, 3.05) is 7.11 Å². The monoisotopic (exact) mass is 165 g/mol. The van der Waals surface area contributed by atoms with Crippen molar-refractivity contribution in [2.24, 2.45) is 0 Å². The summed E-state index contributed by atoms with van der Waals surface area (Å²) in [6.07, 6.45) is 2.28. The third-order valence-electron chi connectivity index (χ3n) is 1.52. The maximum atomic E-state index is 9.27. The molecule has 0 aliphatic rings. The van der Waals surface area contributed by atoms with E-state index in [1.807, 2.05) is 0 Å². The van der Waals surface area contributed by atoms with Gasteiger partial charge < -0.3 is 9.84 Å². The second-order valence-electron chi connectivity index (χ2n) is 2.30. The standard InChI is InChI=1S/C9H11NO2/c1-3-9(11)8-5-4-7(12-2)6-10-8/h3-6,9,11H,1H2,2H3. The predicted molar refractivity (Wildman–Crippen MR) is 45.9 cm³/mol. The Labute approximate surface area is 71.3 Å². The minimum atomic E-state index is -0.698. The van der Waals surface area contributed by atoms with E-state index < -0.39 is 6.10 Å². The highest BCUT2D eigenvalue weighted by Gasteiger charge is 2.02. The van der Waals surface area contributed by atoms with Crippen molar-refractivity contribution in [3.05, 3.63) is 36.7 Å². The molecule has 0 spiro atoms. The maximum Gasteiger partial charge on any atom is 0.137 e. The van der Waals surface area contributed by atoms with Gasteiger partial charge in [-0.1, -0.05) is 6.08 Å². The fourth-order valence-electron chi connectivity index (χ4n) is 0.808. The molecule has 1 aromatic rings. The zero-order valence-corrected chi connectivity index (χ0v) is 6.90. The number of methoxy groups -OCH3 is 1. The molecule has 0 saturated heterocycles. The van der Waals surface area contributed by atoms with E-state index in [-0.39, 0.29) is 0 Å². The van der Waals surface area contributed by atoms with Crippen LogP contribution in [-0.2, 0) is 0 Å². The van der Waals surface area contributed by atoms with E-state index in [1.54, 1.807) is 25.4 Å². The average molecular weight is 165 g/mol. The summed E-state index contributed by atoms with van der Waals surface area (Å²) in [5.41, 5.74) is 0.575. The van der Waals surface area contributed by atoms with Crippen molar-refractivity contribution in [3.8, 4) is 5.75 Å². The van der Waals surface area contributed by atoms with E-state index in [0.29, 0.717) is 11.4 Å². The molecule has 1 N–H and O–H groups in total. The number of aliphatic hydroxyl groups excluding tert-OH is 1. The Morgan fingerprint density at radius 3 is 2.83 bits per heavy atom. The van der Waals surface area contributed by atoms with Gasteiger partial charge >= 0.3 is 0 Å². The van der Waals surface area contributed by atoms with Crippen LogP contribution in [0.5, 0.6) is 5.75 Å². The molecule has 1 unspecified atom stereocenters. The molecule has 1 rings (SSSR count). The van der Waals surface area contributed by atoms with Crippen molar-refractivity contribution in [1.82, 2.24) is 4.98 Å². The fraction of sp³-hybridized carbons (Fsp3) is 0.222. The van der Waals surface area contributed by atoms with E-state index in [1.165, 1.54) is 6.08 Å². The van der Waals surface area contributed by atoms with Crippen molar-refractivity contribution in [2.45, 2.75) is 6.10 Å². The summed E-state index contributed by atoms with van der Waals surface area (Å²) in [6, 6.07) is 3.44. The Bertz CT molecular complexity index is 256. The van der Waals surface area contributed by atoms with Crippen LogP contribution in [0, 0.1) is 0 Å². The molecule has 0 aromatic carbocycles. The van der Waals surface area contributed by atoms with E-state index in [9.17, 15) is 5.11 Å². The third kappa shape index (κ3) is 1.83. The number of hydrogen-bond donors (Lipinski definition) is 1. The molecule has 3 heteroatoms. The van der Waals surface area contributed by atoms with E-state index >= 15 is 0 Å². The number of rotatable bonds is 3. The Kier molecular flexibility index (Phi) is 2.82. The molecule has 0 fully saturated rings. The normalized spacial score (nSPS) is 12.2. The van der Waals surface area contributed by atoms with Gasteiger partial charge in [-0.05, 0) is 12.1 Å². The van der Waals surface area contributed by atoms with Gasteiger partial charge in [0.2, 0.25) is 0 Å². The molecule has 0 bridgehead atoms. The molecular weight excluding hydrogens is 154 g/mol. The lowest BCUT2D eigenvalue weighted by Gasteiger charge is -2.04. The summed E-state index contributed by atoms with van der Waals surface area (Å²) in [5.74, 6) is 0.676. The van der Waals surface area contributed by atoms with E-state index in [0.717, 1.165) is 0 Å². The van der Waals surface area contributed by atoms with Crippen LogP contribution in [0.3, 0.4) is 0 Å². The Morgan fingerprint density at radius 2 is 2.42 bits per heavy atom. The van der Waals surface area contributed by atoms with Crippen LogP contribution in [0.25, 0.3) is 0 Å². The molecule has 1 aromatic heterocycles. The largest absolute Gasteiger partial charge is 0.495 e. The molecule has 0 aliphatic heterocycles. The molecular formula is C9H11NO2. The first-order valence-corrected chi connectivity index (χ1v) is 3.58. The number of ether oxygens (including phenoxy) is 1. The molecule has 1 atom stereocenters. The van der Waals surface area contributed by atoms with Crippen LogP contribution >= 0.6 is 0 Å². The number of hydrogen-bond acceptors (Lipinski definition) is 3. The van der Waals surface area contributed by atoms with Crippen LogP contribution in [0.2, 0.25) is 0 Å². The first kappa shape index (κ1) is 8.74. The smallest absolute Gasteiger partial charge is 0.137 e. The highest BCUT2D eigenvalue weighted by atomic mass is 16.5. The van der Waals surface area contributed by atoms with Gasteiger partial charge in [0, 0.05) is 0 Å². The van der Waals surface area contributed by atoms with Crippen LogP contribution in [0.15, 0.2) is 31.0 Å². The summed E-state index contributed by atoms with van der Waals surface area (Å²) < 4.78 is 4.91. The van der Waals surface area contributed by atoms with Gasteiger partial charge in [-0.3, -0.25) is 4.98 Å². The maximum absolute atomic E-state index is 9.27. The highest BCUT2D eigenvalue weighted by molar-refractivity contribution is 5.21. The lowest BCUT2D eigenvalue weighted by atomic mass is 10.2. The second-order valence-corrected chi connectivity index (χ2v) is 2.30. The Morgan fingerprint density at radius 1 is 1.67 bits per heavy atom. The Balaban J connectivity index is 2.84. The van der Waals surface area contributed by atoms with Gasteiger partial charge in [-0.25, -0.2) is 0 Å². The molecule has 0 aliphatic carbocycles. The molecule has 0 radical (unpaired) electrons. The molecule has 0 amide bonds. The van der Waals surface area contributed by atoms with E-state index in [2.05, 4.69) is 11.6 Å². The van der Waals surface area contributed by atoms with Crippen molar-refractivity contribution >= 4 is 0 Å². The van der Waals surface area contributed by atoms with Crippen LogP contribution in [0.1, 0.15) is 11.8 Å². The molecule has 64 valence electrons. The first-order valence-electron chi connectivity index (χ1n) is 3.58. The number of pyridine rings is 1. The summed E-state index contributed by atoms with van der Waals surface area (Å²) in [7, 11) is 1.57. The second kappa shape index (κ2) is 3.88. The van der Waals surface area contributed by atoms with E-state index in [4.69, 9.17) is 4.74 Å². The quantitative estimate of drug-likeness (QED) is 0.686. The van der Waals surface area contributed by atoms with Crippen LogP contribution in [-0.4, -0.2) is 17.2 Å². The van der Waals surface area contributed by atoms with Crippen LogP contribution < -0.4 is 4.74 Å². The SMILES string of the molecule is C=CC(O)c1ccc(OC)cn1. The molecule has 1 heterocycles. The summed E-state index contributed by atoms with van der Waals surface area (Å²) in [5, 5.41) is 9.27. The van der Waals surface area contributed by atoms with Gasteiger partial charge in [-0.2, -0.15) is 0 Å². The lowest BCUT2D eigenvalue weighted by molar-refractivity contribution is 0.224. The first-order chi connectivity index (χ1) is 5.77. The lowest BCUT2D eigenvalue weighted by Crippen LogP contribution is -1.96. The molecule has 0 saturated carbocycles. The van der Waals surface area contributed by atoms with Gasteiger partial charge in [0.15, 0.2) is 0 Å². The predicted octanol–water partition coefficient (Wildman–Crippen LogP) is 1.31. The van der Waals surface area contributed by atoms with Gasteiger partial charge in [0.1, 0.15) is 11.9 Å². The average Bonchev–Trinajstić information content (AvgIpc) is 2.17. The van der Waals surface area contributed by atoms with Crippen LogP contribution in [0.4, 0.5) is 0 Å². The van der Waals surface area contributed by atoms with Gasteiger partial charge in [0.25, 0.3) is 0 Å². The zero-order chi connectivity index (χ0) is 8.97. The summed E-state index contributed by atoms with van der Waals surface area (Å²) in [6.45, 7) is 3.46.